The van der Waals surface area contributed by atoms with Crippen LogP contribution in [0.2, 0.25) is 0 Å². The zero-order valence-corrected chi connectivity index (χ0v) is 30.6. The number of allylic oxidation sites excluding steroid dienone is 2. The molecule has 6 aliphatic rings. The molecule has 0 amide bonds. The second-order valence-electron chi connectivity index (χ2n) is 19.2. The van der Waals surface area contributed by atoms with E-state index in [0.29, 0.717) is 17.7 Å². The summed E-state index contributed by atoms with van der Waals surface area (Å²) in [7, 11) is 0. The number of fused-ring (bicyclic) bond motifs is 8. The second kappa shape index (κ2) is 10.4. The van der Waals surface area contributed by atoms with Gasteiger partial charge in [0.25, 0.3) is 0 Å². The number of nitrogens with two attached hydrogens (primary N) is 1. The molecular weight excluding hydrogens is 594 g/mol. The van der Waals surface area contributed by atoms with Crippen LogP contribution in [0.25, 0.3) is 5.57 Å². The summed E-state index contributed by atoms with van der Waals surface area (Å²) in [4.78, 5) is 21.1. The molecule has 7 atom stereocenters. The Kier molecular flexibility index (Phi) is 6.98. The van der Waals surface area contributed by atoms with Gasteiger partial charge in [-0.15, -0.1) is 0 Å². The third-order valence-corrected chi connectivity index (χ3v) is 16.2. The minimum absolute atomic E-state index is 0.0234. The zero-order valence-electron chi connectivity index (χ0n) is 30.6. The number of pyridine rings is 1. The SMILES string of the molecule is CC1(C)CC[C@]2(C(=O)O)CC[C@]3(C)C(=C(c4ccc(N5CCCCC5)nc4)CC4[C@@]5(C)Cc6c(N)n[nH]c6C(C)(C)C5CC[C@]43C)C2C1. The third-order valence-electron chi connectivity index (χ3n) is 16.2. The molecule has 0 spiro atoms. The highest BCUT2D eigenvalue weighted by Crippen LogP contribution is 2.77. The number of H-pyrrole nitrogens is 1. The highest BCUT2D eigenvalue weighted by Gasteiger charge is 2.70. The lowest BCUT2D eigenvalue weighted by Gasteiger charge is -2.71. The number of carboxylic acid groups (broad SMARTS) is 1. The fourth-order valence-electron chi connectivity index (χ4n) is 13.3. The summed E-state index contributed by atoms with van der Waals surface area (Å²) in [6, 6.07) is 4.60. The second-order valence-corrected chi connectivity index (χ2v) is 19.2. The topological polar surface area (TPSA) is 108 Å². The summed E-state index contributed by atoms with van der Waals surface area (Å²) < 4.78 is 0. The van der Waals surface area contributed by atoms with E-state index in [2.05, 4.69) is 81.9 Å². The average molecular weight is 654 g/mol. The number of nitrogens with one attached hydrogen (secondary N) is 1. The number of rotatable bonds is 3. The number of aliphatic carboxylic acids is 1. The van der Waals surface area contributed by atoms with Gasteiger partial charge in [-0.05, 0) is 140 Å². The molecule has 3 unspecified atom stereocenters. The Balaban J connectivity index is 1.33. The number of hydrogen-bond donors (Lipinski definition) is 3. The van der Waals surface area contributed by atoms with E-state index in [4.69, 9.17) is 10.7 Å². The molecule has 3 saturated carbocycles. The van der Waals surface area contributed by atoms with Crippen LogP contribution in [-0.2, 0) is 16.6 Å². The van der Waals surface area contributed by atoms with Crippen LogP contribution >= 0.6 is 0 Å². The van der Waals surface area contributed by atoms with Crippen molar-refractivity contribution in [1.82, 2.24) is 15.2 Å². The third kappa shape index (κ3) is 4.20. The molecule has 7 heteroatoms. The summed E-state index contributed by atoms with van der Waals surface area (Å²) in [6.45, 7) is 19.5. The average Bonchev–Trinajstić information content (AvgIpc) is 3.41. The van der Waals surface area contributed by atoms with Gasteiger partial charge in [-0.3, -0.25) is 9.89 Å². The molecule has 0 radical (unpaired) electrons. The van der Waals surface area contributed by atoms with E-state index in [0.717, 1.165) is 70.3 Å². The Labute approximate surface area is 287 Å². The van der Waals surface area contributed by atoms with E-state index in [1.807, 2.05) is 0 Å². The number of anilines is 2. The predicted molar refractivity (Wildman–Crippen MR) is 193 cm³/mol. The van der Waals surface area contributed by atoms with Gasteiger partial charge in [0.1, 0.15) is 11.6 Å². The van der Waals surface area contributed by atoms with E-state index >= 15 is 0 Å². The van der Waals surface area contributed by atoms with Crippen LogP contribution in [0.3, 0.4) is 0 Å². The van der Waals surface area contributed by atoms with Crippen molar-refractivity contribution < 1.29 is 9.90 Å². The molecule has 8 rings (SSSR count). The molecule has 2 aromatic rings. The Hall–Kier alpha value is -2.83. The molecule has 4 fully saturated rings. The molecule has 2 aromatic heterocycles. The summed E-state index contributed by atoms with van der Waals surface area (Å²) in [5, 5.41) is 19.0. The largest absolute Gasteiger partial charge is 0.481 e. The number of nitrogen functional groups attached to an aromatic ring is 1. The maximum atomic E-state index is 13.5. The van der Waals surface area contributed by atoms with Crippen LogP contribution in [0.15, 0.2) is 23.9 Å². The number of aromatic amines is 1. The van der Waals surface area contributed by atoms with Crippen molar-refractivity contribution in [3.8, 4) is 0 Å². The van der Waals surface area contributed by atoms with E-state index in [-0.39, 0.29) is 33.0 Å². The molecular formula is C41H59N5O2. The number of aromatic nitrogens is 3. The Bertz CT molecular complexity index is 1670. The minimum Gasteiger partial charge on any atom is -0.481 e. The first-order chi connectivity index (χ1) is 22.6. The molecule has 0 bridgehead atoms. The van der Waals surface area contributed by atoms with E-state index in [1.54, 1.807) is 0 Å². The van der Waals surface area contributed by atoms with Crippen molar-refractivity contribution >= 4 is 23.2 Å². The summed E-state index contributed by atoms with van der Waals surface area (Å²) in [5.41, 5.74) is 12.5. The van der Waals surface area contributed by atoms with E-state index < -0.39 is 11.4 Å². The fraction of sp³-hybridized carbons (Fsp3) is 0.732. The lowest BCUT2D eigenvalue weighted by molar-refractivity contribution is -0.175. The normalized spacial score (nSPS) is 39.8. The number of nitrogens with zero attached hydrogens (tertiary/aromatic N) is 3. The predicted octanol–water partition coefficient (Wildman–Crippen LogP) is 8.80. The van der Waals surface area contributed by atoms with Gasteiger partial charge in [0.15, 0.2) is 0 Å². The lowest BCUT2D eigenvalue weighted by atomic mass is 9.33. The molecule has 260 valence electrons. The van der Waals surface area contributed by atoms with Crippen molar-refractivity contribution in [2.75, 3.05) is 23.7 Å². The molecule has 1 aliphatic heterocycles. The van der Waals surface area contributed by atoms with Crippen molar-refractivity contribution in [2.45, 2.75) is 131 Å². The first-order valence-corrected chi connectivity index (χ1v) is 19.1. The fourth-order valence-corrected chi connectivity index (χ4v) is 13.3. The first kappa shape index (κ1) is 32.4. The molecule has 0 aromatic carbocycles. The zero-order chi connectivity index (χ0) is 34.1. The number of carbonyl (C=O) groups is 1. The van der Waals surface area contributed by atoms with Gasteiger partial charge in [0.2, 0.25) is 0 Å². The number of hydrogen-bond acceptors (Lipinski definition) is 5. The minimum atomic E-state index is -0.686. The van der Waals surface area contributed by atoms with Gasteiger partial charge >= 0.3 is 5.97 Å². The van der Waals surface area contributed by atoms with Gasteiger partial charge in [-0.1, -0.05) is 54.0 Å². The molecule has 4 N–H and O–H groups in total. The van der Waals surface area contributed by atoms with Crippen molar-refractivity contribution in [3.63, 3.8) is 0 Å². The lowest BCUT2D eigenvalue weighted by Crippen LogP contribution is -2.65. The highest BCUT2D eigenvalue weighted by atomic mass is 16.4. The van der Waals surface area contributed by atoms with Gasteiger partial charge in [-0.25, -0.2) is 4.98 Å². The number of piperidine rings is 1. The van der Waals surface area contributed by atoms with Crippen LogP contribution in [-0.4, -0.2) is 39.3 Å². The van der Waals surface area contributed by atoms with Crippen LogP contribution in [0, 0.1) is 44.8 Å². The van der Waals surface area contributed by atoms with Gasteiger partial charge in [-0.2, -0.15) is 5.10 Å². The summed E-state index contributed by atoms with van der Waals surface area (Å²) in [6.07, 6.45) is 14.5. The molecule has 7 nitrogen and oxygen atoms in total. The van der Waals surface area contributed by atoms with Crippen LogP contribution in [0.1, 0.15) is 136 Å². The highest BCUT2D eigenvalue weighted by molar-refractivity contribution is 5.80. The standard InChI is InChI=1S/C41H59N5O2/c1-36(2)15-17-41(35(47)48)18-16-40(7)32(28(41)23-36)26(25-11-12-31(43-24-25)46-19-9-8-10-20-46)21-30-38(5)22-27-33(44-45-34(27)42)37(3,4)29(38)13-14-39(30,40)6/h11-12,24,28-30H,8-10,13-23H2,1-7H3,(H,47,48)(H3,42,44,45)/t28?,29?,30?,38-,39+,40+,41-/m0/s1. The van der Waals surface area contributed by atoms with Gasteiger partial charge in [0.05, 0.1) is 5.41 Å². The smallest absolute Gasteiger partial charge is 0.310 e. The van der Waals surface area contributed by atoms with Gasteiger partial charge in [0, 0.05) is 36.0 Å². The number of carboxylic acids is 1. The molecule has 5 aliphatic carbocycles. The summed E-state index contributed by atoms with van der Waals surface area (Å²) >= 11 is 0. The monoisotopic (exact) mass is 653 g/mol. The van der Waals surface area contributed by atoms with E-state index in [1.165, 1.54) is 53.7 Å². The maximum Gasteiger partial charge on any atom is 0.310 e. The molecule has 1 saturated heterocycles. The van der Waals surface area contributed by atoms with Crippen molar-refractivity contribution in [3.05, 3.63) is 40.7 Å². The van der Waals surface area contributed by atoms with Gasteiger partial charge < -0.3 is 15.7 Å². The quantitative estimate of drug-likeness (QED) is 0.306. The van der Waals surface area contributed by atoms with Crippen LogP contribution in [0.5, 0.6) is 0 Å². The molecule has 3 heterocycles. The summed E-state index contributed by atoms with van der Waals surface area (Å²) in [5.74, 6) is 2.12. The maximum absolute atomic E-state index is 13.5. The van der Waals surface area contributed by atoms with Crippen LogP contribution in [0.4, 0.5) is 11.6 Å². The Morgan fingerprint density at radius 3 is 2.38 bits per heavy atom. The van der Waals surface area contributed by atoms with E-state index in [9.17, 15) is 9.90 Å². The van der Waals surface area contributed by atoms with Crippen molar-refractivity contribution in [1.29, 1.82) is 0 Å². The molecule has 48 heavy (non-hydrogen) atoms. The Morgan fingerprint density at radius 1 is 0.958 bits per heavy atom. The van der Waals surface area contributed by atoms with Crippen molar-refractivity contribution in [2.24, 2.45) is 44.8 Å². The first-order valence-electron chi connectivity index (χ1n) is 19.1. The Morgan fingerprint density at radius 2 is 1.69 bits per heavy atom. The van der Waals surface area contributed by atoms with Crippen LogP contribution < -0.4 is 10.6 Å².